The highest BCUT2D eigenvalue weighted by Crippen LogP contribution is 2.29. The maximum Gasteiger partial charge on any atom is 0.337 e. The van der Waals surface area contributed by atoms with E-state index in [1.165, 1.54) is 11.6 Å². The Balaban J connectivity index is 1.72. The average molecular weight is 404 g/mol. The number of carbonyl (C=O) groups is 1. The van der Waals surface area contributed by atoms with Crippen molar-refractivity contribution in [1.82, 2.24) is 0 Å². The molecule has 0 spiro atoms. The third-order valence-electron chi connectivity index (χ3n) is 4.47. The Morgan fingerprint density at radius 3 is 2.57 bits per heavy atom. The minimum atomic E-state index is -1.01. The second-order valence-corrected chi connectivity index (χ2v) is 6.58. The number of aromatic carboxylic acids is 1. The topological polar surface area (TPSA) is 80.2 Å². The summed E-state index contributed by atoms with van der Waals surface area (Å²) in [6, 6.07) is 20.2. The summed E-state index contributed by atoms with van der Waals surface area (Å²) in [4.78, 5) is 11.3. The molecule has 3 aromatic carbocycles. The summed E-state index contributed by atoms with van der Waals surface area (Å²) in [7, 11) is 0. The average Bonchev–Trinajstić information content (AvgIpc) is 2.74. The molecule has 0 aromatic heterocycles. The molecule has 0 aliphatic carbocycles. The van der Waals surface area contributed by atoms with Crippen LogP contribution in [0.2, 0.25) is 0 Å². The number of rotatable bonds is 9. The zero-order valence-electron chi connectivity index (χ0n) is 17.0. The Morgan fingerprint density at radius 1 is 1.03 bits per heavy atom. The molecule has 0 saturated heterocycles. The first-order valence-electron chi connectivity index (χ1n) is 9.64. The van der Waals surface area contributed by atoms with Crippen LogP contribution in [-0.2, 0) is 6.61 Å². The van der Waals surface area contributed by atoms with E-state index in [4.69, 9.17) is 9.47 Å². The molecule has 2 N–H and O–H groups in total. The Bertz CT molecular complexity index is 1050. The Kier molecular flexibility index (Phi) is 7.05. The second-order valence-electron chi connectivity index (χ2n) is 6.58. The second kappa shape index (κ2) is 10.1. The number of para-hydroxylation sites is 1. The minimum Gasteiger partial charge on any atom is -0.490 e. The van der Waals surface area contributed by atoms with Crippen molar-refractivity contribution in [3.63, 3.8) is 0 Å². The lowest BCUT2D eigenvalue weighted by atomic mass is 10.1. The number of hydrogen-bond donors (Lipinski definition) is 2. The molecule has 30 heavy (non-hydrogen) atoms. The molecule has 0 atom stereocenters. The molecule has 3 aromatic rings. The summed E-state index contributed by atoms with van der Waals surface area (Å²) in [5.74, 6) is 0.268. The zero-order chi connectivity index (χ0) is 21.3. The lowest BCUT2D eigenvalue weighted by molar-refractivity contribution is 0.0698. The van der Waals surface area contributed by atoms with Gasteiger partial charge in [-0.3, -0.25) is 5.43 Å². The summed E-state index contributed by atoms with van der Waals surface area (Å²) in [6.07, 6.45) is 1.60. The summed E-state index contributed by atoms with van der Waals surface area (Å²) in [5, 5.41) is 13.4. The van der Waals surface area contributed by atoms with E-state index in [0.717, 1.165) is 11.1 Å². The number of hydrazone groups is 1. The van der Waals surface area contributed by atoms with Crippen LogP contribution >= 0.6 is 0 Å². The number of benzene rings is 3. The quantitative estimate of drug-likeness (QED) is 0.382. The predicted molar refractivity (Wildman–Crippen MR) is 118 cm³/mol. The van der Waals surface area contributed by atoms with Gasteiger partial charge in [-0.2, -0.15) is 5.10 Å². The predicted octanol–water partition coefficient (Wildman–Crippen LogP) is 5.12. The molecule has 0 unspecified atom stereocenters. The Hall–Kier alpha value is -3.80. The lowest BCUT2D eigenvalue weighted by Crippen LogP contribution is -2.03. The van der Waals surface area contributed by atoms with E-state index >= 15 is 0 Å². The van der Waals surface area contributed by atoms with Crippen molar-refractivity contribution < 1.29 is 19.4 Å². The van der Waals surface area contributed by atoms with Crippen LogP contribution in [0.5, 0.6) is 11.5 Å². The van der Waals surface area contributed by atoms with Gasteiger partial charge < -0.3 is 14.6 Å². The molecular formula is C24H24N2O4. The molecule has 0 amide bonds. The van der Waals surface area contributed by atoms with Gasteiger partial charge in [-0.15, -0.1) is 0 Å². The first-order chi connectivity index (χ1) is 14.6. The maximum absolute atomic E-state index is 11.3. The molecule has 0 bridgehead atoms. The molecule has 3 rings (SSSR count). The number of ether oxygens (including phenoxy) is 2. The zero-order valence-corrected chi connectivity index (χ0v) is 17.0. The summed E-state index contributed by atoms with van der Waals surface area (Å²) >= 11 is 0. The van der Waals surface area contributed by atoms with Gasteiger partial charge in [-0.05, 0) is 60.9 Å². The highest BCUT2D eigenvalue weighted by Gasteiger charge is 2.09. The van der Waals surface area contributed by atoms with Crippen molar-refractivity contribution in [3.05, 3.63) is 89.0 Å². The number of aryl methyl sites for hydroxylation is 1. The van der Waals surface area contributed by atoms with Gasteiger partial charge in [-0.25, -0.2) is 4.79 Å². The monoisotopic (exact) mass is 404 g/mol. The van der Waals surface area contributed by atoms with Crippen LogP contribution in [0.4, 0.5) is 5.69 Å². The van der Waals surface area contributed by atoms with Gasteiger partial charge in [0.15, 0.2) is 11.5 Å². The number of carboxylic acids is 1. The molecule has 0 fully saturated rings. The van der Waals surface area contributed by atoms with E-state index in [2.05, 4.69) is 23.5 Å². The van der Waals surface area contributed by atoms with Crippen LogP contribution in [-0.4, -0.2) is 23.9 Å². The van der Waals surface area contributed by atoms with E-state index in [1.807, 2.05) is 43.3 Å². The van der Waals surface area contributed by atoms with E-state index in [1.54, 1.807) is 24.4 Å². The third kappa shape index (κ3) is 5.38. The van der Waals surface area contributed by atoms with Gasteiger partial charge in [0.05, 0.1) is 24.1 Å². The summed E-state index contributed by atoms with van der Waals surface area (Å²) in [6.45, 7) is 4.92. The van der Waals surface area contributed by atoms with Crippen molar-refractivity contribution in [2.45, 2.75) is 20.5 Å². The first kappa shape index (κ1) is 20.9. The number of nitrogens with one attached hydrogen (secondary N) is 1. The Morgan fingerprint density at radius 2 is 1.80 bits per heavy atom. The smallest absolute Gasteiger partial charge is 0.337 e. The SMILES string of the molecule is CCOc1cc(/C=N\Nc2ccccc2C(=O)O)ccc1OCc1ccccc1C. The standard InChI is InChI=1S/C24H24N2O4/c1-3-29-23-14-18(15-25-26-21-11-7-6-10-20(21)24(27)28)12-13-22(23)30-16-19-9-5-4-8-17(19)2/h4-15,26H,3,16H2,1-2H3,(H,27,28)/b25-15-. The molecule has 6 nitrogen and oxygen atoms in total. The number of anilines is 1. The van der Waals surface area contributed by atoms with Gasteiger partial charge in [0.2, 0.25) is 0 Å². The fourth-order valence-electron chi connectivity index (χ4n) is 2.86. The van der Waals surface area contributed by atoms with E-state index in [0.29, 0.717) is 30.4 Å². The summed E-state index contributed by atoms with van der Waals surface area (Å²) in [5.41, 5.74) is 6.44. The first-order valence-corrected chi connectivity index (χ1v) is 9.64. The Labute approximate surface area is 175 Å². The van der Waals surface area contributed by atoms with Crippen LogP contribution in [0.25, 0.3) is 0 Å². The van der Waals surface area contributed by atoms with Crippen LogP contribution < -0.4 is 14.9 Å². The molecule has 0 radical (unpaired) electrons. The van der Waals surface area contributed by atoms with Crippen molar-refractivity contribution in [2.24, 2.45) is 5.10 Å². The van der Waals surface area contributed by atoms with E-state index in [9.17, 15) is 9.90 Å². The molecule has 0 aliphatic rings. The highest BCUT2D eigenvalue weighted by molar-refractivity contribution is 5.94. The van der Waals surface area contributed by atoms with E-state index in [-0.39, 0.29) is 5.56 Å². The van der Waals surface area contributed by atoms with Crippen molar-refractivity contribution in [3.8, 4) is 11.5 Å². The normalized spacial score (nSPS) is 10.7. The largest absolute Gasteiger partial charge is 0.490 e. The van der Waals surface area contributed by atoms with Gasteiger partial charge in [0.25, 0.3) is 0 Å². The van der Waals surface area contributed by atoms with Crippen molar-refractivity contribution in [2.75, 3.05) is 12.0 Å². The van der Waals surface area contributed by atoms with Gasteiger partial charge in [0, 0.05) is 0 Å². The van der Waals surface area contributed by atoms with Gasteiger partial charge in [0.1, 0.15) is 6.61 Å². The fraction of sp³-hybridized carbons (Fsp3) is 0.167. The molecular weight excluding hydrogens is 380 g/mol. The van der Waals surface area contributed by atoms with E-state index < -0.39 is 5.97 Å². The number of nitrogens with zero attached hydrogens (tertiary/aromatic N) is 1. The van der Waals surface area contributed by atoms with Crippen LogP contribution in [0.3, 0.4) is 0 Å². The molecule has 0 aliphatic heterocycles. The maximum atomic E-state index is 11.3. The molecule has 0 saturated carbocycles. The highest BCUT2D eigenvalue weighted by atomic mass is 16.5. The van der Waals surface area contributed by atoms with Gasteiger partial charge >= 0.3 is 5.97 Å². The lowest BCUT2D eigenvalue weighted by Gasteiger charge is -2.13. The molecule has 154 valence electrons. The minimum absolute atomic E-state index is 0.157. The fourth-order valence-corrected chi connectivity index (χ4v) is 2.86. The van der Waals surface area contributed by atoms with Crippen molar-refractivity contribution >= 4 is 17.9 Å². The molecule has 0 heterocycles. The molecule has 6 heteroatoms. The van der Waals surface area contributed by atoms with Crippen LogP contribution in [0.15, 0.2) is 71.8 Å². The number of carboxylic acid groups (broad SMARTS) is 1. The van der Waals surface area contributed by atoms with Crippen molar-refractivity contribution in [1.29, 1.82) is 0 Å². The summed E-state index contributed by atoms with van der Waals surface area (Å²) < 4.78 is 11.7. The van der Waals surface area contributed by atoms with Gasteiger partial charge in [-0.1, -0.05) is 36.4 Å². The van der Waals surface area contributed by atoms with Crippen LogP contribution in [0.1, 0.15) is 34.0 Å². The number of hydrogen-bond acceptors (Lipinski definition) is 5. The third-order valence-corrected chi connectivity index (χ3v) is 4.47. The van der Waals surface area contributed by atoms with Crippen LogP contribution in [0, 0.1) is 6.92 Å².